The second-order valence-corrected chi connectivity index (χ2v) is 3.82. The molecule has 0 radical (unpaired) electrons. The minimum atomic E-state index is 0.0110. The highest BCUT2D eigenvalue weighted by Crippen LogP contribution is 2.04. The van der Waals surface area contributed by atoms with Crippen LogP contribution in [-0.4, -0.2) is 42.2 Å². The van der Waals surface area contributed by atoms with Crippen molar-refractivity contribution in [2.75, 3.05) is 31.6 Å². The number of hydrogen-bond acceptors (Lipinski definition) is 3. The first-order valence-corrected chi connectivity index (χ1v) is 5.95. The van der Waals surface area contributed by atoms with E-state index < -0.39 is 0 Å². The molecule has 1 aromatic carbocycles. The van der Waals surface area contributed by atoms with Crippen molar-refractivity contribution in [2.45, 2.75) is 13.3 Å². The number of carbonyl (C=O) groups is 1. The van der Waals surface area contributed by atoms with Gasteiger partial charge >= 0.3 is 0 Å². The highest BCUT2D eigenvalue weighted by Gasteiger charge is 2.11. The number of amides is 1. The third-order valence-corrected chi connectivity index (χ3v) is 2.43. The number of nitrogens with zero attached hydrogens (tertiary/aromatic N) is 1. The number of hydrogen-bond donors (Lipinski definition) is 2. The molecule has 17 heavy (non-hydrogen) atoms. The van der Waals surface area contributed by atoms with E-state index in [1.54, 1.807) is 4.90 Å². The monoisotopic (exact) mass is 236 g/mol. The van der Waals surface area contributed by atoms with Crippen LogP contribution < -0.4 is 5.32 Å². The lowest BCUT2D eigenvalue weighted by atomic mass is 10.3. The van der Waals surface area contributed by atoms with Crippen molar-refractivity contribution >= 4 is 11.6 Å². The molecule has 0 spiro atoms. The number of para-hydroxylation sites is 1. The number of anilines is 1. The van der Waals surface area contributed by atoms with Crippen LogP contribution in [0.25, 0.3) is 0 Å². The molecule has 1 rings (SSSR count). The minimum absolute atomic E-state index is 0.0110. The lowest BCUT2D eigenvalue weighted by molar-refractivity contribution is -0.129. The third-order valence-electron chi connectivity index (χ3n) is 2.43. The Balaban J connectivity index is 2.41. The average molecular weight is 236 g/mol. The fraction of sp³-hybridized carbons (Fsp3) is 0.462. The Labute approximate surface area is 102 Å². The van der Waals surface area contributed by atoms with Crippen LogP contribution in [0.2, 0.25) is 0 Å². The smallest absolute Gasteiger partial charge is 0.241 e. The largest absolute Gasteiger partial charge is 0.395 e. The zero-order valence-corrected chi connectivity index (χ0v) is 10.2. The first-order chi connectivity index (χ1) is 8.27. The molecule has 0 aromatic heterocycles. The summed E-state index contributed by atoms with van der Waals surface area (Å²) in [5.41, 5.74) is 0.932. The Bertz CT molecular complexity index is 321. The fourth-order valence-electron chi connectivity index (χ4n) is 1.60. The fourth-order valence-corrected chi connectivity index (χ4v) is 1.60. The van der Waals surface area contributed by atoms with Gasteiger partial charge in [0.1, 0.15) is 0 Å². The summed E-state index contributed by atoms with van der Waals surface area (Å²) in [6, 6.07) is 9.61. The summed E-state index contributed by atoms with van der Waals surface area (Å²) in [4.78, 5) is 13.5. The Morgan fingerprint density at radius 3 is 2.59 bits per heavy atom. The lowest BCUT2D eigenvalue weighted by Gasteiger charge is -2.21. The zero-order chi connectivity index (χ0) is 12.5. The lowest BCUT2D eigenvalue weighted by Crippen LogP contribution is -2.38. The van der Waals surface area contributed by atoms with Gasteiger partial charge < -0.3 is 15.3 Å². The molecule has 0 aliphatic rings. The van der Waals surface area contributed by atoms with Crippen molar-refractivity contribution < 1.29 is 9.90 Å². The van der Waals surface area contributed by atoms with E-state index >= 15 is 0 Å². The molecular weight excluding hydrogens is 216 g/mol. The Kier molecular flexibility index (Phi) is 6.10. The van der Waals surface area contributed by atoms with Crippen LogP contribution in [0.1, 0.15) is 13.3 Å². The summed E-state index contributed by atoms with van der Waals surface area (Å²) in [5.74, 6) is 0.0183. The van der Waals surface area contributed by atoms with Crippen LogP contribution in [-0.2, 0) is 4.79 Å². The van der Waals surface area contributed by atoms with Crippen LogP contribution in [0.5, 0.6) is 0 Å². The van der Waals surface area contributed by atoms with Crippen LogP contribution in [0.4, 0.5) is 5.69 Å². The van der Waals surface area contributed by atoms with Crippen molar-refractivity contribution in [1.29, 1.82) is 0 Å². The number of benzene rings is 1. The normalized spacial score (nSPS) is 10.0. The van der Waals surface area contributed by atoms with Gasteiger partial charge in [-0.3, -0.25) is 4.79 Å². The molecule has 0 saturated heterocycles. The number of nitrogens with one attached hydrogen (secondary N) is 1. The van der Waals surface area contributed by atoms with Gasteiger partial charge in [-0.15, -0.1) is 0 Å². The number of aliphatic hydroxyl groups is 1. The molecule has 0 fully saturated rings. The van der Waals surface area contributed by atoms with Gasteiger partial charge in [0, 0.05) is 18.8 Å². The van der Waals surface area contributed by atoms with Crippen LogP contribution >= 0.6 is 0 Å². The highest BCUT2D eigenvalue weighted by atomic mass is 16.3. The van der Waals surface area contributed by atoms with Gasteiger partial charge in [0.25, 0.3) is 0 Å². The van der Waals surface area contributed by atoms with Gasteiger partial charge in [-0.25, -0.2) is 0 Å². The molecule has 0 saturated carbocycles. The van der Waals surface area contributed by atoms with Gasteiger partial charge in [-0.1, -0.05) is 25.1 Å². The molecule has 0 heterocycles. The van der Waals surface area contributed by atoms with E-state index in [1.807, 2.05) is 37.3 Å². The molecule has 0 aliphatic heterocycles. The summed E-state index contributed by atoms with van der Waals surface area (Å²) >= 11 is 0. The van der Waals surface area contributed by atoms with E-state index in [4.69, 9.17) is 5.11 Å². The summed E-state index contributed by atoms with van der Waals surface area (Å²) in [6.45, 7) is 3.39. The maximum Gasteiger partial charge on any atom is 0.241 e. The predicted molar refractivity (Wildman–Crippen MR) is 68.9 cm³/mol. The van der Waals surface area contributed by atoms with Crippen LogP contribution in [0, 0.1) is 0 Å². The summed E-state index contributed by atoms with van der Waals surface area (Å²) in [6.07, 6.45) is 0.900. The predicted octanol–water partition coefficient (Wildman–Crippen LogP) is 1.33. The van der Waals surface area contributed by atoms with E-state index in [1.165, 1.54) is 0 Å². The van der Waals surface area contributed by atoms with Crippen LogP contribution in [0.15, 0.2) is 30.3 Å². The summed E-state index contributed by atoms with van der Waals surface area (Å²) < 4.78 is 0. The molecule has 1 amide bonds. The maximum absolute atomic E-state index is 11.8. The van der Waals surface area contributed by atoms with Gasteiger partial charge in [0.15, 0.2) is 0 Å². The standard InChI is InChI=1S/C13H20N2O2/c1-2-8-15(9-10-16)13(17)11-14-12-6-4-3-5-7-12/h3-7,14,16H,2,8-11H2,1H3. The molecule has 0 unspecified atom stereocenters. The SMILES string of the molecule is CCCN(CCO)C(=O)CNc1ccccc1. The number of rotatable bonds is 7. The highest BCUT2D eigenvalue weighted by molar-refractivity contribution is 5.80. The topological polar surface area (TPSA) is 52.6 Å². The van der Waals surface area contributed by atoms with E-state index in [9.17, 15) is 4.79 Å². The Morgan fingerprint density at radius 1 is 1.29 bits per heavy atom. The van der Waals surface area contributed by atoms with E-state index in [0.29, 0.717) is 13.1 Å². The maximum atomic E-state index is 11.8. The minimum Gasteiger partial charge on any atom is -0.395 e. The van der Waals surface area contributed by atoms with Gasteiger partial charge in [-0.2, -0.15) is 0 Å². The molecule has 0 bridgehead atoms. The van der Waals surface area contributed by atoms with Crippen molar-refractivity contribution in [3.8, 4) is 0 Å². The van der Waals surface area contributed by atoms with Gasteiger partial charge in [-0.05, 0) is 18.6 Å². The molecule has 0 atom stereocenters. The van der Waals surface area contributed by atoms with E-state index in [2.05, 4.69) is 5.32 Å². The molecule has 0 aliphatic carbocycles. The third kappa shape index (κ3) is 4.87. The Morgan fingerprint density at radius 2 is 2.00 bits per heavy atom. The first kappa shape index (κ1) is 13.5. The van der Waals surface area contributed by atoms with Crippen molar-refractivity contribution in [3.05, 3.63) is 30.3 Å². The van der Waals surface area contributed by atoms with Gasteiger partial charge in [0.2, 0.25) is 5.91 Å². The van der Waals surface area contributed by atoms with Crippen molar-refractivity contribution in [1.82, 2.24) is 4.90 Å². The molecule has 94 valence electrons. The molecule has 4 heteroatoms. The molecule has 4 nitrogen and oxygen atoms in total. The second kappa shape index (κ2) is 7.68. The molecular formula is C13H20N2O2. The van der Waals surface area contributed by atoms with Crippen LogP contribution in [0.3, 0.4) is 0 Å². The summed E-state index contributed by atoms with van der Waals surface area (Å²) in [7, 11) is 0. The molecule has 2 N–H and O–H groups in total. The van der Waals surface area contributed by atoms with Crippen molar-refractivity contribution in [2.24, 2.45) is 0 Å². The first-order valence-electron chi connectivity index (χ1n) is 5.95. The average Bonchev–Trinajstić information content (AvgIpc) is 2.37. The number of carbonyl (C=O) groups excluding carboxylic acids is 1. The van der Waals surface area contributed by atoms with Gasteiger partial charge in [0.05, 0.1) is 13.2 Å². The summed E-state index contributed by atoms with van der Waals surface area (Å²) in [5, 5.41) is 12.0. The Hall–Kier alpha value is -1.55. The zero-order valence-electron chi connectivity index (χ0n) is 10.2. The quantitative estimate of drug-likeness (QED) is 0.751. The number of aliphatic hydroxyl groups excluding tert-OH is 1. The van der Waals surface area contributed by atoms with E-state index in [-0.39, 0.29) is 19.1 Å². The van der Waals surface area contributed by atoms with Crippen molar-refractivity contribution in [3.63, 3.8) is 0 Å². The van der Waals surface area contributed by atoms with E-state index in [0.717, 1.165) is 12.1 Å². The second-order valence-electron chi connectivity index (χ2n) is 3.82. The molecule has 1 aromatic rings.